The van der Waals surface area contributed by atoms with E-state index in [2.05, 4.69) is 9.88 Å². The molecular weight excluding hydrogens is 345 g/mol. The Balaban J connectivity index is 1.67. The number of nitrogens with zero attached hydrogens (tertiary/aromatic N) is 2. The fraction of sp³-hybridized carbons (Fsp3) is 0.143. The SMILES string of the molecule is CCn1cc(/C=C2\NC(=O)N(Cc3ccccc3F)C2=O)c2ccccc21. The van der Waals surface area contributed by atoms with Gasteiger partial charge >= 0.3 is 6.03 Å². The lowest BCUT2D eigenvalue weighted by molar-refractivity contribution is -0.123. The monoisotopic (exact) mass is 363 g/mol. The number of amides is 3. The summed E-state index contributed by atoms with van der Waals surface area (Å²) >= 11 is 0. The van der Waals surface area contributed by atoms with Crippen molar-refractivity contribution < 1.29 is 14.0 Å². The van der Waals surface area contributed by atoms with Crippen LogP contribution in [0.25, 0.3) is 17.0 Å². The van der Waals surface area contributed by atoms with Crippen LogP contribution in [0.2, 0.25) is 0 Å². The van der Waals surface area contributed by atoms with Crippen LogP contribution in [-0.2, 0) is 17.9 Å². The predicted molar refractivity (Wildman–Crippen MR) is 101 cm³/mol. The first-order valence-electron chi connectivity index (χ1n) is 8.74. The first-order valence-corrected chi connectivity index (χ1v) is 8.74. The summed E-state index contributed by atoms with van der Waals surface area (Å²) in [6.45, 7) is 2.73. The van der Waals surface area contributed by atoms with Crippen molar-refractivity contribution in [1.82, 2.24) is 14.8 Å². The third kappa shape index (κ3) is 2.99. The normalized spacial score (nSPS) is 15.8. The summed E-state index contributed by atoms with van der Waals surface area (Å²) in [5.41, 5.74) is 2.40. The maximum atomic E-state index is 13.9. The molecule has 0 radical (unpaired) electrons. The van der Waals surface area contributed by atoms with Gasteiger partial charge in [0.25, 0.3) is 5.91 Å². The number of aromatic nitrogens is 1. The molecule has 2 aromatic carbocycles. The summed E-state index contributed by atoms with van der Waals surface area (Å²) in [4.78, 5) is 26.0. The maximum Gasteiger partial charge on any atom is 0.329 e. The average molecular weight is 363 g/mol. The van der Waals surface area contributed by atoms with E-state index >= 15 is 0 Å². The number of benzene rings is 2. The van der Waals surface area contributed by atoms with E-state index in [0.717, 1.165) is 27.9 Å². The fourth-order valence-corrected chi connectivity index (χ4v) is 3.32. The molecule has 136 valence electrons. The largest absolute Gasteiger partial charge is 0.347 e. The molecular formula is C21H18FN3O2. The van der Waals surface area contributed by atoms with Crippen molar-refractivity contribution in [3.8, 4) is 0 Å². The number of fused-ring (bicyclic) bond motifs is 1. The van der Waals surface area contributed by atoms with Gasteiger partial charge in [-0.05, 0) is 25.1 Å². The molecule has 2 heterocycles. The average Bonchev–Trinajstić information content (AvgIpc) is 3.16. The number of nitrogens with one attached hydrogen (secondary N) is 1. The van der Waals surface area contributed by atoms with E-state index < -0.39 is 17.8 Å². The molecule has 0 saturated carbocycles. The zero-order chi connectivity index (χ0) is 19.0. The number of para-hydroxylation sites is 1. The molecule has 1 N–H and O–H groups in total. The van der Waals surface area contributed by atoms with Crippen molar-refractivity contribution in [1.29, 1.82) is 0 Å². The second-order valence-electron chi connectivity index (χ2n) is 6.36. The number of carbonyl (C=O) groups is 2. The number of carbonyl (C=O) groups excluding carboxylic acids is 2. The van der Waals surface area contributed by atoms with Gasteiger partial charge in [0.15, 0.2) is 0 Å². The lowest BCUT2D eigenvalue weighted by Crippen LogP contribution is -2.30. The Kier molecular flexibility index (Phi) is 4.24. The van der Waals surface area contributed by atoms with Gasteiger partial charge in [0.05, 0.1) is 6.54 Å². The molecule has 0 aliphatic carbocycles. The highest BCUT2D eigenvalue weighted by molar-refractivity contribution is 6.14. The first kappa shape index (κ1) is 17.0. The molecule has 27 heavy (non-hydrogen) atoms. The van der Waals surface area contributed by atoms with E-state index in [9.17, 15) is 14.0 Å². The molecule has 1 aliphatic heterocycles. The van der Waals surface area contributed by atoms with Crippen LogP contribution in [0.4, 0.5) is 9.18 Å². The van der Waals surface area contributed by atoms with Crippen molar-refractivity contribution in [3.05, 3.63) is 77.4 Å². The molecule has 1 fully saturated rings. The van der Waals surface area contributed by atoms with Gasteiger partial charge in [-0.1, -0.05) is 36.4 Å². The Bertz CT molecular complexity index is 1080. The van der Waals surface area contributed by atoms with Gasteiger partial charge < -0.3 is 9.88 Å². The number of hydrogen-bond donors (Lipinski definition) is 1. The van der Waals surface area contributed by atoms with Crippen molar-refractivity contribution in [3.63, 3.8) is 0 Å². The maximum absolute atomic E-state index is 13.9. The van der Waals surface area contributed by atoms with Crippen LogP contribution in [0.3, 0.4) is 0 Å². The highest BCUT2D eigenvalue weighted by atomic mass is 19.1. The zero-order valence-electron chi connectivity index (χ0n) is 14.8. The molecule has 3 aromatic rings. The van der Waals surface area contributed by atoms with E-state index in [-0.39, 0.29) is 12.2 Å². The van der Waals surface area contributed by atoms with Crippen molar-refractivity contribution >= 4 is 28.9 Å². The number of rotatable bonds is 4. The van der Waals surface area contributed by atoms with Crippen LogP contribution >= 0.6 is 0 Å². The van der Waals surface area contributed by atoms with Crippen molar-refractivity contribution in [2.24, 2.45) is 0 Å². The Morgan fingerprint density at radius 3 is 2.59 bits per heavy atom. The Hall–Kier alpha value is -3.41. The minimum absolute atomic E-state index is 0.106. The van der Waals surface area contributed by atoms with Gasteiger partial charge in [0.2, 0.25) is 0 Å². The lowest BCUT2D eigenvalue weighted by Gasteiger charge is -2.12. The molecule has 4 rings (SSSR count). The smallest absolute Gasteiger partial charge is 0.329 e. The summed E-state index contributed by atoms with van der Waals surface area (Å²) in [5, 5.41) is 3.60. The summed E-state index contributed by atoms with van der Waals surface area (Å²) in [6.07, 6.45) is 3.63. The molecule has 6 heteroatoms. The van der Waals surface area contributed by atoms with Gasteiger partial charge in [-0.25, -0.2) is 9.18 Å². The van der Waals surface area contributed by atoms with Crippen LogP contribution in [0.15, 0.2) is 60.4 Å². The highest BCUT2D eigenvalue weighted by Crippen LogP contribution is 2.25. The molecule has 1 aliphatic rings. The molecule has 3 amide bonds. The molecule has 5 nitrogen and oxygen atoms in total. The van der Waals surface area contributed by atoms with E-state index in [1.807, 2.05) is 37.4 Å². The number of aryl methyl sites for hydroxylation is 1. The fourth-order valence-electron chi connectivity index (χ4n) is 3.32. The van der Waals surface area contributed by atoms with E-state index in [1.165, 1.54) is 6.07 Å². The van der Waals surface area contributed by atoms with Gasteiger partial charge in [-0.15, -0.1) is 0 Å². The standard InChI is InChI=1S/C21H18FN3O2/c1-2-24-12-15(16-8-4-6-10-19(16)24)11-18-20(26)25(21(27)23-18)13-14-7-3-5-9-17(14)22/h3-12H,2,13H2,1H3,(H,23,27)/b18-11-. The quantitative estimate of drug-likeness (QED) is 0.565. The minimum Gasteiger partial charge on any atom is -0.347 e. The van der Waals surface area contributed by atoms with Gasteiger partial charge in [0, 0.05) is 34.8 Å². The molecule has 1 aromatic heterocycles. The summed E-state index contributed by atoms with van der Waals surface area (Å²) in [6, 6.07) is 13.5. The summed E-state index contributed by atoms with van der Waals surface area (Å²) < 4.78 is 16.0. The van der Waals surface area contributed by atoms with Crippen LogP contribution < -0.4 is 5.32 Å². The van der Waals surface area contributed by atoms with E-state index in [0.29, 0.717) is 5.56 Å². The molecule has 0 bridgehead atoms. The third-order valence-electron chi connectivity index (χ3n) is 4.71. The van der Waals surface area contributed by atoms with Gasteiger partial charge in [-0.2, -0.15) is 0 Å². The van der Waals surface area contributed by atoms with E-state index in [4.69, 9.17) is 0 Å². The predicted octanol–water partition coefficient (Wildman–Crippen LogP) is 3.89. The topological polar surface area (TPSA) is 54.3 Å². The van der Waals surface area contributed by atoms with E-state index in [1.54, 1.807) is 24.3 Å². The molecule has 0 spiro atoms. The summed E-state index contributed by atoms with van der Waals surface area (Å²) in [7, 11) is 0. The van der Waals surface area contributed by atoms with Crippen LogP contribution in [0.5, 0.6) is 0 Å². The van der Waals surface area contributed by atoms with Crippen LogP contribution in [-0.4, -0.2) is 21.4 Å². The third-order valence-corrected chi connectivity index (χ3v) is 4.71. The number of urea groups is 1. The Labute approximate surface area is 155 Å². The molecule has 0 atom stereocenters. The Morgan fingerprint density at radius 2 is 1.81 bits per heavy atom. The van der Waals surface area contributed by atoms with Crippen LogP contribution in [0.1, 0.15) is 18.1 Å². The first-order chi connectivity index (χ1) is 13.1. The van der Waals surface area contributed by atoms with Gasteiger partial charge in [0.1, 0.15) is 11.5 Å². The van der Waals surface area contributed by atoms with Crippen molar-refractivity contribution in [2.75, 3.05) is 0 Å². The Morgan fingerprint density at radius 1 is 1.07 bits per heavy atom. The molecule has 1 saturated heterocycles. The molecule has 0 unspecified atom stereocenters. The van der Waals surface area contributed by atoms with Crippen LogP contribution in [0, 0.1) is 5.82 Å². The lowest BCUT2D eigenvalue weighted by atomic mass is 10.1. The number of imide groups is 1. The van der Waals surface area contributed by atoms with Crippen molar-refractivity contribution in [2.45, 2.75) is 20.0 Å². The summed E-state index contributed by atoms with van der Waals surface area (Å²) in [5.74, 6) is -0.905. The second kappa shape index (κ2) is 6.72. The zero-order valence-corrected chi connectivity index (χ0v) is 14.8. The van der Waals surface area contributed by atoms with Gasteiger partial charge in [-0.3, -0.25) is 9.69 Å². The highest BCUT2D eigenvalue weighted by Gasteiger charge is 2.34. The number of halogens is 1. The minimum atomic E-state index is -0.547. The number of hydrogen-bond acceptors (Lipinski definition) is 2. The second-order valence-corrected chi connectivity index (χ2v) is 6.36.